The molecule has 0 atom stereocenters. The third-order valence-corrected chi connectivity index (χ3v) is 12.5. The van der Waals surface area contributed by atoms with Crippen molar-refractivity contribution in [2.24, 2.45) is 0 Å². The van der Waals surface area contributed by atoms with Crippen molar-refractivity contribution in [3.8, 4) is 0 Å². The van der Waals surface area contributed by atoms with Crippen LogP contribution in [0.5, 0.6) is 0 Å². The number of ether oxygens (including phenoxy) is 1. The number of carbonyl (C=O) groups is 1. The van der Waals surface area contributed by atoms with Crippen LogP contribution in [0.1, 0.15) is 47.0 Å². The topological polar surface area (TPSA) is 26.3 Å². The second-order valence-electron chi connectivity index (χ2n) is 5.33. The number of rotatable bonds is 9. The number of hydrogen-bond donors (Lipinski definition) is 0. The van der Waals surface area contributed by atoms with Crippen LogP contribution in [0, 0.1) is 0 Å². The van der Waals surface area contributed by atoms with E-state index in [0.717, 1.165) is 37.7 Å². The summed E-state index contributed by atoms with van der Waals surface area (Å²) in [5.41, 5.74) is 0.483. The maximum absolute atomic E-state index is 11.6. The molecule has 0 heterocycles. The van der Waals surface area contributed by atoms with E-state index in [0.29, 0.717) is 11.9 Å². The molecular weight excluding hydrogens is 311 g/mol. The summed E-state index contributed by atoms with van der Waals surface area (Å²) in [5, 5.41) is -2.06. The van der Waals surface area contributed by atoms with Crippen molar-refractivity contribution in [2.75, 3.05) is 24.8 Å². The van der Waals surface area contributed by atoms with Gasteiger partial charge in [-0.1, -0.05) is 0 Å². The Hall–Kier alpha value is 0.120. The van der Waals surface area contributed by atoms with E-state index in [1.54, 1.807) is 6.92 Å². The molecule has 0 aliphatic carbocycles. The van der Waals surface area contributed by atoms with E-state index in [-0.39, 0.29) is 5.97 Å². The molecule has 0 saturated carbocycles. The SMILES string of the molecule is C=C(C)C(=O)OCP(Br)(CCC)(CCC)CCC. The predicted molar refractivity (Wildman–Crippen MR) is 87.1 cm³/mol. The van der Waals surface area contributed by atoms with Gasteiger partial charge >= 0.3 is 120 Å². The zero-order valence-electron chi connectivity index (χ0n) is 12.3. The van der Waals surface area contributed by atoms with Crippen molar-refractivity contribution in [1.29, 1.82) is 0 Å². The molecule has 0 saturated heterocycles. The molecule has 0 aromatic heterocycles. The molecule has 0 spiro atoms. The van der Waals surface area contributed by atoms with Crippen LogP contribution < -0.4 is 0 Å². The van der Waals surface area contributed by atoms with Crippen LogP contribution in [0.3, 0.4) is 0 Å². The third-order valence-electron chi connectivity index (χ3n) is 3.21. The first kappa shape index (κ1) is 18.1. The van der Waals surface area contributed by atoms with Crippen LogP contribution in [0.25, 0.3) is 0 Å². The van der Waals surface area contributed by atoms with Gasteiger partial charge in [0.15, 0.2) is 0 Å². The predicted octanol–water partition coefficient (Wildman–Crippen LogP) is 5.16. The molecule has 0 amide bonds. The van der Waals surface area contributed by atoms with Crippen molar-refractivity contribution < 1.29 is 9.53 Å². The minimum absolute atomic E-state index is 0.258. The number of carbonyl (C=O) groups excluding carboxylic acids is 1. The summed E-state index contributed by atoms with van der Waals surface area (Å²) >= 11 is 4.08. The Kier molecular flexibility index (Phi) is 7.70. The van der Waals surface area contributed by atoms with Crippen molar-refractivity contribution in [2.45, 2.75) is 47.0 Å². The fourth-order valence-electron chi connectivity index (χ4n) is 2.55. The Morgan fingerprint density at radius 3 is 1.78 bits per heavy atom. The first-order chi connectivity index (χ1) is 8.31. The third kappa shape index (κ3) is 5.40. The molecule has 0 N–H and O–H groups in total. The summed E-state index contributed by atoms with van der Waals surface area (Å²) in [5.74, 6) is -0.258. The van der Waals surface area contributed by atoms with E-state index in [4.69, 9.17) is 4.74 Å². The zero-order valence-corrected chi connectivity index (χ0v) is 14.8. The molecule has 0 aromatic carbocycles. The fourth-order valence-corrected chi connectivity index (χ4v) is 10.9. The van der Waals surface area contributed by atoms with Gasteiger partial charge in [0.25, 0.3) is 0 Å². The maximum atomic E-state index is 11.6. The molecular formula is C14H28BrO2P. The van der Waals surface area contributed by atoms with Gasteiger partial charge in [-0.15, -0.1) is 0 Å². The first-order valence-corrected chi connectivity index (χ1v) is 11.9. The van der Waals surface area contributed by atoms with Gasteiger partial charge in [0.05, 0.1) is 0 Å². The van der Waals surface area contributed by atoms with Gasteiger partial charge in [0.2, 0.25) is 0 Å². The molecule has 0 radical (unpaired) electrons. The summed E-state index contributed by atoms with van der Waals surface area (Å²) in [7, 11) is 0. The van der Waals surface area contributed by atoms with Crippen molar-refractivity contribution >= 4 is 26.8 Å². The summed E-state index contributed by atoms with van der Waals surface area (Å²) in [6.45, 7) is 11.9. The molecule has 2 nitrogen and oxygen atoms in total. The van der Waals surface area contributed by atoms with Crippen LogP contribution in [0.15, 0.2) is 12.2 Å². The van der Waals surface area contributed by atoms with E-state index in [2.05, 4.69) is 42.8 Å². The van der Waals surface area contributed by atoms with Gasteiger partial charge in [-0.3, -0.25) is 0 Å². The second-order valence-corrected chi connectivity index (χ2v) is 16.6. The molecule has 0 aromatic rings. The van der Waals surface area contributed by atoms with Gasteiger partial charge < -0.3 is 0 Å². The van der Waals surface area contributed by atoms with Crippen LogP contribution in [0.4, 0.5) is 0 Å². The van der Waals surface area contributed by atoms with Crippen molar-refractivity contribution in [3.05, 3.63) is 12.2 Å². The molecule has 108 valence electrons. The minimum atomic E-state index is -2.06. The van der Waals surface area contributed by atoms with Crippen molar-refractivity contribution in [3.63, 3.8) is 0 Å². The standard InChI is InChI=1S/C14H28BrO2P/c1-6-9-18(15,10-7-2,11-8-3)12-17-14(16)13(4)5/h4,6-12H2,1-3,5H3. The van der Waals surface area contributed by atoms with Gasteiger partial charge in [-0.25, -0.2) is 0 Å². The van der Waals surface area contributed by atoms with Gasteiger partial charge in [-0.05, 0) is 0 Å². The molecule has 0 aliphatic heterocycles. The van der Waals surface area contributed by atoms with E-state index in [1.807, 2.05) is 0 Å². The first-order valence-electron chi connectivity index (χ1n) is 6.86. The van der Waals surface area contributed by atoms with Gasteiger partial charge in [0.1, 0.15) is 0 Å². The Bertz CT molecular complexity index is 282. The van der Waals surface area contributed by atoms with Crippen LogP contribution in [0.2, 0.25) is 0 Å². The molecule has 0 unspecified atom stereocenters. The molecule has 4 heteroatoms. The summed E-state index contributed by atoms with van der Waals surface area (Å²) in [4.78, 5) is 11.6. The Morgan fingerprint density at radius 2 is 1.50 bits per heavy atom. The van der Waals surface area contributed by atoms with Gasteiger partial charge in [-0.2, -0.15) is 0 Å². The van der Waals surface area contributed by atoms with E-state index < -0.39 is 5.31 Å². The quantitative estimate of drug-likeness (QED) is 0.330. The number of hydrogen-bond acceptors (Lipinski definition) is 2. The second kappa shape index (κ2) is 7.65. The summed E-state index contributed by atoms with van der Waals surface area (Å²) in [6.07, 6.45) is 7.41. The van der Waals surface area contributed by atoms with E-state index in [1.165, 1.54) is 0 Å². The van der Waals surface area contributed by atoms with E-state index in [9.17, 15) is 4.79 Å². The molecule has 0 rings (SSSR count). The Balaban J connectivity index is 4.93. The normalized spacial score (nSPS) is 13.7. The molecule has 0 bridgehead atoms. The monoisotopic (exact) mass is 338 g/mol. The van der Waals surface area contributed by atoms with Crippen LogP contribution in [-0.4, -0.2) is 30.8 Å². The van der Waals surface area contributed by atoms with Gasteiger partial charge in [0, 0.05) is 0 Å². The Labute approximate surface area is 120 Å². The summed E-state index contributed by atoms with van der Waals surface area (Å²) < 4.78 is 5.50. The fraction of sp³-hybridized carbons (Fsp3) is 0.786. The Morgan fingerprint density at radius 1 is 1.11 bits per heavy atom. The zero-order chi connectivity index (χ0) is 14.3. The number of halogens is 1. The molecule has 18 heavy (non-hydrogen) atoms. The van der Waals surface area contributed by atoms with Crippen molar-refractivity contribution in [1.82, 2.24) is 0 Å². The number of esters is 1. The molecule has 0 fully saturated rings. The summed E-state index contributed by atoms with van der Waals surface area (Å²) in [6, 6.07) is 0. The van der Waals surface area contributed by atoms with Crippen LogP contribution in [-0.2, 0) is 9.53 Å². The van der Waals surface area contributed by atoms with E-state index >= 15 is 0 Å². The average molecular weight is 339 g/mol. The molecule has 0 aliphatic rings. The van der Waals surface area contributed by atoms with Crippen LogP contribution >= 0.6 is 20.8 Å². The average Bonchev–Trinajstić information content (AvgIpc) is 2.27.